The Morgan fingerprint density at radius 2 is 2.06 bits per heavy atom. The van der Waals surface area contributed by atoms with Crippen LogP contribution in [0.2, 0.25) is 0 Å². The molecule has 1 aromatic carbocycles. The van der Waals surface area contributed by atoms with Gasteiger partial charge in [-0.15, -0.1) is 0 Å². The molecule has 0 aliphatic heterocycles. The third-order valence-corrected chi connectivity index (χ3v) is 2.52. The van der Waals surface area contributed by atoms with Gasteiger partial charge < -0.3 is 4.74 Å². The number of benzene rings is 1. The first-order valence-corrected chi connectivity index (χ1v) is 5.50. The summed E-state index contributed by atoms with van der Waals surface area (Å²) in [7, 11) is 1.63. The minimum Gasteiger partial charge on any atom is -0.497 e. The van der Waals surface area contributed by atoms with Gasteiger partial charge in [0.1, 0.15) is 5.75 Å². The number of allylic oxidation sites excluding steroid dienone is 1. The number of aromatic nitrogens is 1. The van der Waals surface area contributed by atoms with E-state index in [0.29, 0.717) is 5.57 Å². The molecule has 0 N–H and O–H groups in total. The summed E-state index contributed by atoms with van der Waals surface area (Å²) in [6.07, 6.45) is 5.20. The first kappa shape index (κ1) is 11.9. The lowest BCUT2D eigenvalue weighted by molar-refractivity contribution is 0.415. The van der Waals surface area contributed by atoms with E-state index in [1.807, 2.05) is 42.5 Å². The van der Waals surface area contributed by atoms with Crippen molar-refractivity contribution in [2.45, 2.75) is 0 Å². The molecular weight excluding hydrogens is 224 g/mol. The molecule has 0 radical (unpaired) electrons. The third-order valence-electron chi connectivity index (χ3n) is 2.52. The van der Waals surface area contributed by atoms with Gasteiger partial charge >= 0.3 is 0 Å². The van der Waals surface area contributed by atoms with E-state index >= 15 is 0 Å². The van der Waals surface area contributed by atoms with Crippen molar-refractivity contribution in [1.82, 2.24) is 4.98 Å². The Hall–Kier alpha value is -2.60. The van der Waals surface area contributed by atoms with E-state index in [2.05, 4.69) is 11.1 Å². The lowest BCUT2D eigenvalue weighted by Gasteiger charge is -2.01. The minimum atomic E-state index is 0.591. The number of rotatable bonds is 3. The monoisotopic (exact) mass is 236 g/mol. The summed E-state index contributed by atoms with van der Waals surface area (Å²) >= 11 is 0. The van der Waals surface area contributed by atoms with Crippen LogP contribution in [0, 0.1) is 11.3 Å². The molecule has 2 rings (SSSR count). The Kier molecular flexibility index (Phi) is 3.72. The van der Waals surface area contributed by atoms with Crippen LogP contribution in [0.15, 0.2) is 48.8 Å². The molecule has 0 atom stereocenters. The van der Waals surface area contributed by atoms with Crippen LogP contribution < -0.4 is 4.74 Å². The molecule has 0 fully saturated rings. The molecule has 0 saturated carbocycles. The van der Waals surface area contributed by atoms with Crippen LogP contribution >= 0.6 is 0 Å². The molecule has 0 amide bonds. The quantitative estimate of drug-likeness (QED) is 0.769. The topological polar surface area (TPSA) is 45.9 Å². The van der Waals surface area contributed by atoms with Gasteiger partial charge in [0, 0.05) is 18.0 Å². The van der Waals surface area contributed by atoms with Gasteiger partial charge in [0.25, 0.3) is 0 Å². The van der Waals surface area contributed by atoms with Crippen LogP contribution in [0.1, 0.15) is 11.1 Å². The number of pyridine rings is 1. The van der Waals surface area contributed by atoms with Crippen molar-refractivity contribution in [3.05, 3.63) is 59.9 Å². The van der Waals surface area contributed by atoms with Gasteiger partial charge in [-0.05, 0) is 29.8 Å². The second-order valence-electron chi connectivity index (χ2n) is 3.68. The zero-order chi connectivity index (χ0) is 12.8. The van der Waals surface area contributed by atoms with E-state index in [1.54, 1.807) is 19.5 Å². The summed E-state index contributed by atoms with van der Waals surface area (Å²) in [5.41, 5.74) is 2.36. The molecule has 0 bridgehead atoms. The fourth-order valence-corrected chi connectivity index (χ4v) is 1.57. The van der Waals surface area contributed by atoms with Crippen LogP contribution in [0.3, 0.4) is 0 Å². The van der Waals surface area contributed by atoms with Gasteiger partial charge in [-0.3, -0.25) is 4.98 Å². The number of nitrogens with zero attached hydrogens (tertiary/aromatic N) is 2. The van der Waals surface area contributed by atoms with Gasteiger partial charge in [-0.2, -0.15) is 5.26 Å². The lowest BCUT2D eigenvalue weighted by atomic mass is 10.1. The van der Waals surface area contributed by atoms with Crippen LogP contribution in [0.4, 0.5) is 0 Å². The smallest absolute Gasteiger partial charge is 0.118 e. The number of nitriles is 1. The fourth-order valence-electron chi connectivity index (χ4n) is 1.57. The van der Waals surface area contributed by atoms with E-state index < -0.39 is 0 Å². The molecular formula is C15H12N2O. The van der Waals surface area contributed by atoms with Crippen molar-refractivity contribution in [2.24, 2.45) is 0 Å². The molecule has 0 aliphatic rings. The second kappa shape index (κ2) is 5.65. The van der Waals surface area contributed by atoms with Crippen LogP contribution in [0.5, 0.6) is 5.75 Å². The molecule has 0 unspecified atom stereocenters. The van der Waals surface area contributed by atoms with E-state index in [0.717, 1.165) is 16.9 Å². The molecule has 2 aromatic rings. The summed E-state index contributed by atoms with van der Waals surface area (Å²) < 4.78 is 5.09. The van der Waals surface area contributed by atoms with Gasteiger partial charge in [0.05, 0.1) is 18.8 Å². The minimum absolute atomic E-state index is 0.591. The normalized spacial score (nSPS) is 10.8. The highest BCUT2D eigenvalue weighted by Crippen LogP contribution is 2.18. The highest BCUT2D eigenvalue weighted by atomic mass is 16.5. The second-order valence-corrected chi connectivity index (χ2v) is 3.68. The van der Waals surface area contributed by atoms with Crippen molar-refractivity contribution in [1.29, 1.82) is 5.26 Å². The average molecular weight is 236 g/mol. The molecule has 1 aromatic heterocycles. The highest BCUT2D eigenvalue weighted by molar-refractivity contribution is 5.89. The zero-order valence-electron chi connectivity index (χ0n) is 10.00. The summed E-state index contributed by atoms with van der Waals surface area (Å²) in [4.78, 5) is 4.01. The molecule has 88 valence electrons. The van der Waals surface area contributed by atoms with E-state index in [-0.39, 0.29) is 0 Å². The van der Waals surface area contributed by atoms with Crippen molar-refractivity contribution >= 4 is 11.6 Å². The van der Waals surface area contributed by atoms with Crippen molar-refractivity contribution < 1.29 is 4.74 Å². The Balaban J connectivity index is 2.33. The molecule has 3 nitrogen and oxygen atoms in total. The molecule has 0 saturated heterocycles. The number of hydrogen-bond donors (Lipinski definition) is 0. The van der Waals surface area contributed by atoms with Gasteiger partial charge in [0.2, 0.25) is 0 Å². The largest absolute Gasteiger partial charge is 0.497 e. The fraction of sp³-hybridized carbons (Fsp3) is 0.0667. The molecule has 3 heteroatoms. The van der Waals surface area contributed by atoms with E-state index in [4.69, 9.17) is 4.74 Å². The van der Waals surface area contributed by atoms with Crippen molar-refractivity contribution in [3.8, 4) is 11.8 Å². The van der Waals surface area contributed by atoms with Gasteiger partial charge in [-0.1, -0.05) is 18.2 Å². The first-order valence-electron chi connectivity index (χ1n) is 5.50. The van der Waals surface area contributed by atoms with Crippen LogP contribution in [-0.2, 0) is 0 Å². The van der Waals surface area contributed by atoms with Crippen molar-refractivity contribution in [3.63, 3.8) is 0 Å². The Morgan fingerprint density at radius 3 is 2.61 bits per heavy atom. The Morgan fingerprint density at radius 1 is 1.28 bits per heavy atom. The maximum absolute atomic E-state index is 9.17. The number of methoxy groups -OCH3 is 1. The number of ether oxygens (including phenoxy) is 1. The van der Waals surface area contributed by atoms with E-state index in [1.165, 1.54) is 0 Å². The van der Waals surface area contributed by atoms with E-state index in [9.17, 15) is 5.26 Å². The van der Waals surface area contributed by atoms with Crippen molar-refractivity contribution in [2.75, 3.05) is 7.11 Å². The average Bonchev–Trinajstić information content (AvgIpc) is 2.46. The maximum Gasteiger partial charge on any atom is 0.118 e. The summed E-state index contributed by atoms with van der Waals surface area (Å²) in [6.45, 7) is 0. The third kappa shape index (κ3) is 2.74. The first-order chi connectivity index (χ1) is 8.83. The van der Waals surface area contributed by atoms with Gasteiger partial charge in [0.15, 0.2) is 0 Å². The Bertz CT molecular complexity index is 580. The zero-order valence-corrected chi connectivity index (χ0v) is 10.00. The standard InChI is InChI=1S/C15H12N2O/c1-18-15-6-4-12(5-7-15)9-14(10-16)13-3-2-8-17-11-13/h2-9,11H,1H3/b14-9+. The highest BCUT2D eigenvalue weighted by Gasteiger charge is 2.00. The summed E-state index contributed by atoms with van der Waals surface area (Å²) in [6, 6.07) is 13.4. The molecule has 1 heterocycles. The van der Waals surface area contributed by atoms with Gasteiger partial charge in [-0.25, -0.2) is 0 Å². The molecule has 18 heavy (non-hydrogen) atoms. The predicted molar refractivity (Wildman–Crippen MR) is 70.7 cm³/mol. The predicted octanol–water partition coefficient (Wildman–Crippen LogP) is 3.15. The number of hydrogen-bond acceptors (Lipinski definition) is 3. The molecule has 0 aliphatic carbocycles. The molecule has 0 spiro atoms. The van der Waals surface area contributed by atoms with Crippen LogP contribution in [-0.4, -0.2) is 12.1 Å². The SMILES string of the molecule is COc1ccc(/C=C(\C#N)c2cccnc2)cc1. The van der Waals surface area contributed by atoms with Crippen LogP contribution in [0.25, 0.3) is 11.6 Å². The maximum atomic E-state index is 9.17. The Labute approximate surface area is 106 Å². The lowest BCUT2D eigenvalue weighted by Crippen LogP contribution is -1.84. The summed E-state index contributed by atoms with van der Waals surface area (Å²) in [5.74, 6) is 0.798. The summed E-state index contributed by atoms with van der Waals surface area (Å²) in [5, 5.41) is 9.17.